The van der Waals surface area contributed by atoms with Crippen molar-refractivity contribution >= 4 is 5.91 Å². The molecule has 0 aliphatic heterocycles. The van der Waals surface area contributed by atoms with E-state index in [0.29, 0.717) is 24.6 Å². The lowest BCUT2D eigenvalue weighted by Gasteiger charge is -2.10. The molecule has 156 valence electrons. The molecule has 4 heteroatoms. The Labute approximate surface area is 178 Å². The van der Waals surface area contributed by atoms with E-state index in [1.807, 2.05) is 60.7 Å². The fraction of sp³-hybridized carbons (Fsp3) is 0.269. The number of carbonyl (C=O) groups excluding carboxylic acids is 1. The number of hydrogen-bond acceptors (Lipinski definition) is 3. The third-order valence-corrected chi connectivity index (χ3v) is 5.00. The zero-order valence-electron chi connectivity index (χ0n) is 17.9. The van der Waals surface area contributed by atoms with Crippen molar-refractivity contribution in [1.29, 1.82) is 0 Å². The van der Waals surface area contributed by atoms with Crippen LogP contribution in [0.1, 0.15) is 46.8 Å². The van der Waals surface area contributed by atoms with E-state index >= 15 is 0 Å². The molecule has 0 bridgehead atoms. The topological polar surface area (TPSA) is 47.6 Å². The molecule has 3 rings (SSSR count). The molecule has 3 aromatic carbocycles. The van der Waals surface area contributed by atoms with Crippen molar-refractivity contribution in [2.24, 2.45) is 0 Å². The Balaban J connectivity index is 1.50. The molecule has 0 aliphatic rings. The Bertz CT molecular complexity index is 947. The second kappa shape index (κ2) is 10.5. The Morgan fingerprint density at radius 2 is 1.60 bits per heavy atom. The SMILES string of the molecule is COc1ccc(CCNC(=O)c2cccc(COc3ccc(C(C)C)cc3)c2)cc1. The summed E-state index contributed by atoms with van der Waals surface area (Å²) in [6.07, 6.45) is 0.769. The number of rotatable bonds is 9. The number of amides is 1. The van der Waals surface area contributed by atoms with Crippen LogP contribution in [-0.2, 0) is 13.0 Å². The second-order valence-corrected chi connectivity index (χ2v) is 7.57. The molecular weight excluding hydrogens is 374 g/mol. The molecular formula is C26H29NO3. The van der Waals surface area contributed by atoms with Gasteiger partial charge in [-0.15, -0.1) is 0 Å². The lowest BCUT2D eigenvalue weighted by Crippen LogP contribution is -2.25. The predicted octanol–water partition coefficient (Wildman–Crippen LogP) is 5.37. The first kappa shape index (κ1) is 21.4. The van der Waals surface area contributed by atoms with Gasteiger partial charge in [0.05, 0.1) is 7.11 Å². The average molecular weight is 404 g/mol. The molecule has 0 saturated heterocycles. The molecule has 4 nitrogen and oxygen atoms in total. The maximum atomic E-state index is 12.5. The molecule has 0 aliphatic carbocycles. The summed E-state index contributed by atoms with van der Waals surface area (Å²) in [5.41, 5.74) is 4.05. The van der Waals surface area contributed by atoms with Gasteiger partial charge in [0, 0.05) is 12.1 Å². The fourth-order valence-corrected chi connectivity index (χ4v) is 3.13. The molecule has 0 fully saturated rings. The number of carbonyl (C=O) groups is 1. The van der Waals surface area contributed by atoms with Crippen molar-refractivity contribution in [3.8, 4) is 11.5 Å². The van der Waals surface area contributed by atoms with E-state index in [2.05, 4.69) is 31.3 Å². The molecule has 1 N–H and O–H groups in total. The summed E-state index contributed by atoms with van der Waals surface area (Å²) in [7, 11) is 1.65. The summed E-state index contributed by atoms with van der Waals surface area (Å²) < 4.78 is 11.0. The van der Waals surface area contributed by atoms with Crippen LogP contribution in [0.25, 0.3) is 0 Å². The number of nitrogens with one attached hydrogen (secondary N) is 1. The monoisotopic (exact) mass is 403 g/mol. The highest BCUT2D eigenvalue weighted by Crippen LogP contribution is 2.19. The molecule has 0 heterocycles. The quantitative estimate of drug-likeness (QED) is 0.522. The third kappa shape index (κ3) is 6.11. The van der Waals surface area contributed by atoms with E-state index < -0.39 is 0 Å². The third-order valence-electron chi connectivity index (χ3n) is 5.00. The van der Waals surface area contributed by atoms with Crippen LogP contribution in [0.15, 0.2) is 72.8 Å². The summed E-state index contributed by atoms with van der Waals surface area (Å²) in [6, 6.07) is 23.6. The lowest BCUT2D eigenvalue weighted by atomic mass is 10.0. The summed E-state index contributed by atoms with van der Waals surface area (Å²) in [5.74, 6) is 2.08. The van der Waals surface area contributed by atoms with Gasteiger partial charge < -0.3 is 14.8 Å². The van der Waals surface area contributed by atoms with Crippen molar-refractivity contribution in [3.05, 3.63) is 95.1 Å². The Hall–Kier alpha value is -3.27. The Morgan fingerprint density at radius 1 is 0.900 bits per heavy atom. The number of hydrogen-bond donors (Lipinski definition) is 1. The molecule has 30 heavy (non-hydrogen) atoms. The van der Waals surface area contributed by atoms with Crippen LogP contribution in [0.3, 0.4) is 0 Å². The number of ether oxygens (including phenoxy) is 2. The minimum Gasteiger partial charge on any atom is -0.497 e. The van der Waals surface area contributed by atoms with Gasteiger partial charge >= 0.3 is 0 Å². The van der Waals surface area contributed by atoms with Crippen molar-refractivity contribution in [1.82, 2.24) is 5.32 Å². The van der Waals surface area contributed by atoms with Gasteiger partial charge in [0.15, 0.2) is 0 Å². The van der Waals surface area contributed by atoms with E-state index in [9.17, 15) is 4.79 Å². The second-order valence-electron chi connectivity index (χ2n) is 7.57. The summed E-state index contributed by atoms with van der Waals surface area (Å²) >= 11 is 0. The zero-order valence-corrected chi connectivity index (χ0v) is 17.9. The van der Waals surface area contributed by atoms with Crippen molar-refractivity contribution in [3.63, 3.8) is 0 Å². The smallest absolute Gasteiger partial charge is 0.251 e. The highest BCUT2D eigenvalue weighted by molar-refractivity contribution is 5.94. The van der Waals surface area contributed by atoms with E-state index in [1.54, 1.807) is 7.11 Å². The van der Waals surface area contributed by atoms with Gasteiger partial charge in [-0.25, -0.2) is 0 Å². The average Bonchev–Trinajstić information content (AvgIpc) is 2.78. The first-order valence-corrected chi connectivity index (χ1v) is 10.3. The van der Waals surface area contributed by atoms with Gasteiger partial charge in [-0.3, -0.25) is 4.79 Å². The van der Waals surface area contributed by atoms with E-state index in [4.69, 9.17) is 9.47 Å². The molecule has 3 aromatic rings. The van der Waals surface area contributed by atoms with Gasteiger partial charge in [-0.1, -0.05) is 50.2 Å². The molecule has 0 aromatic heterocycles. The summed E-state index contributed by atoms with van der Waals surface area (Å²) in [4.78, 5) is 12.5. The molecule has 0 unspecified atom stereocenters. The van der Waals surface area contributed by atoms with E-state index in [-0.39, 0.29) is 5.91 Å². The van der Waals surface area contributed by atoms with Crippen LogP contribution < -0.4 is 14.8 Å². The normalized spacial score (nSPS) is 10.7. The molecule has 0 saturated carbocycles. The Kier molecular flexibility index (Phi) is 7.50. The highest BCUT2D eigenvalue weighted by Gasteiger charge is 2.07. The minimum absolute atomic E-state index is 0.0772. The van der Waals surface area contributed by atoms with Gasteiger partial charge in [0.1, 0.15) is 18.1 Å². The first-order valence-electron chi connectivity index (χ1n) is 10.3. The molecule has 0 atom stereocenters. The van der Waals surface area contributed by atoms with Crippen LogP contribution in [0.4, 0.5) is 0 Å². The van der Waals surface area contributed by atoms with Crippen LogP contribution in [-0.4, -0.2) is 19.6 Å². The lowest BCUT2D eigenvalue weighted by molar-refractivity contribution is 0.0954. The van der Waals surface area contributed by atoms with Gasteiger partial charge in [0.25, 0.3) is 5.91 Å². The molecule has 0 radical (unpaired) electrons. The van der Waals surface area contributed by atoms with Crippen LogP contribution >= 0.6 is 0 Å². The van der Waals surface area contributed by atoms with Gasteiger partial charge in [0.2, 0.25) is 0 Å². The largest absolute Gasteiger partial charge is 0.497 e. The van der Waals surface area contributed by atoms with Crippen LogP contribution in [0.5, 0.6) is 11.5 Å². The maximum Gasteiger partial charge on any atom is 0.251 e. The van der Waals surface area contributed by atoms with Crippen molar-refractivity contribution in [2.45, 2.75) is 32.8 Å². The van der Waals surface area contributed by atoms with E-state index in [1.165, 1.54) is 5.56 Å². The minimum atomic E-state index is -0.0772. The van der Waals surface area contributed by atoms with Crippen molar-refractivity contribution in [2.75, 3.05) is 13.7 Å². The highest BCUT2D eigenvalue weighted by atomic mass is 16.5. The zero-order chi connectivity index (χ0) is 21.3. The maximum absolute atomic E-state index is 12.5. The fourth-order valence-electron chi connectivity index (χ4n) is 3.13. The number of benzene rings is 3. The van der Waals surface area contributed by atoms with Gasteiger partial charge in [-0.2, -0.15) is 0 Å². The number of methoxy groups -OCH3 is 1. The summed E-state index contributed by atoms with van der Waals surface area (Å²) in [5, 5.41) is 2.98. The van der Waals surface area contributed by atoms with Crippen LogP contribution in [0, 0.1) is 0 Å². The first-order chi connectivity index (χ1) is 14.5. The van der Waals surface area contributed by atoms with E-state index in [0.717, 1.165) is 29.0 Å². The van der Waals surface area contributed by atoms with Gasteiger partial charge in [-0.05, 0) is 65.4 Å². The molecule has 0 spiro atoms. The standard InChI is InChI=1S/C26H29NO3/c1-19(2)22-9-13-25(14-10-22)30-18-21-5-4-6-23(17-21)26(28)27-16-15-20-7-11-24(29-3)12-8-20/h4-14,17,19H,15-16,18H2,1-3H3,(H,27,28). The molecule has 1 amide bonds. The van der Waals surface area contributed by atoms with Crippen molar-refractivity contribution < 1.29 is 14.3 Å². The summed E-state index contributed by atoms with van der Waals surface area (Å²) in [6.45, 7) is 5.34. The van der Waals surface area contributed by atoms with Crippen LogP contribution in [0.2, 0.25) is 0 Å². The predicted molar refractivity (Wildman–Crippen MR) is 120 cm³/mol. The Morgan fingerprint density at radius 3 is 2.27 bits per heavy atom.